The lowest BCUT2D eigenvalue weighted by Gasteiger charge is -2.23. The number of carbonyl (C=O) groups is 3. The minimum absolute atomic E-state index is 0.0800. The summed E-state index contributed by atoms with van der Waals surface area (Å²) in [5, 5.41) is 6.76. The lowest BCUT2D eigenvalue weighted by Crippen LogP contribution is -2.43. The highest BCUT2D eigenvalue weighted by Gasteiger charge is 2.49. The van der Waals surface area contributed by atoms with Crippen molar-refractivity contribution >= 4 is 17.8 Å². The molecule has 170 valence electrons. The van der Waals surface area contributed by atoms with E-state index in [1.54, 1.807) is 24.1 Å². The fraction of sp³-hybridized carbons (Fsp3) is 0.217. The summed E-state index contributed by atoms with van der Waals surface area (Å²) in [7, 11) is 1.55. The molecule has 3 aromatic rings. The molecule has 2 aromatic carbocycles. The van der Waals surface area contributed by atoms with E-state index in [4.69, 9.17) is 0 Å². The number of carbonyl (C=O) groups excluding carboxylic acids is 3. The molecule has 1 aromatic heterocycles. The maximum atomic E-state index is 13.7. The number of hydrogen-bond acceptors (Lipinski definition) is 4. The Balaban J connectivity index is 1.43. The summed E-state index contributed by atoms with van der Waals surface area (Å²) < 4.78 is 28.6. The third-order valence-corrected chi connectivity index (χ3v) is 5.57. The maximum absolute atomic E-state index is 13.7. The largest absolute Gasteiger partial charge is 0.340 e. The normalized spacial score (nSPS) is 17.9. The molecule has 1 N–H and O–H groups in total. The van der Waals surface area contributed by atoms with Crippen LogP contribution in [0.2, 0.25) is 0 Å². The van der Waals surface area contributed by atoms with E-state index in [-0.39, 0.29) is 12.1 Å². The lowest BCUT2D eigenvalue weighted by atomic mass is 9.92. The molecular weight excluding hydrogens is 432 g/mol. The number of urea groups is 1. The molecule has 0 saturated carbocycles. The second-order valence-electron chi connectivity index (χ2n) is 7.95. The van der Waals surface area contributed by atoms with Gasteiger partial charge in [-0.05, 0) is 36.8 Å². The third kappa shape index (κ3) is 4.19. The summed E-state index contributed by atoms with van der Waals surface area (Å²) in [6.45, 7) is 1.11. The predicted molar refractivity (Wildman–Crippen MR) is 114 cm³/mol. The highest BCUT2D eigenvalue weighted by atomic mass is 19.2. The number of hydrogen-bond donors (Lipinski definition) is 1. The molecular formula is C23H21F2N5O3. The number of halogens is 2. The van der Waals surface area contributed by atoms with Crippen LogP contribution in [0.3, 0.4) is 0 Å². The molecule has 0 bridgehead atoms. The van der Waals surface area contributed by atoms with Gasteiger partial charge in [-0.2, -0.15) is 5.10 Å². The Morgan fingerprint density at radius 1 is 1.12 bits per heavy atom. The predicted octanol–water partition coefficient (Wildman–Crippen LogP) is 2.58. The molecule has 1 aliphatic heterocycles. The van der Waals surface area contributed by atoms with Gasteiger partial charge < -0.3 is 10.2 Å². The van der Waals surface area contributed by atoms with Crippen molar-refractivity contribution in [3.05, 3.63) is 83.7 Å². The van der Waals surface area contributed by atoms with Crippen LogP contribution in [-0.2, 0) is 21.7 Å². The van der Waals surface area contributed by atoms with Gasteiger partial charge in [-0.25, -0.2) is 18.3 Å². The van der Waals surface area contributed by atoms with Crippen LogP contribution in [0.1, 0.15) is 18.1 Å². The highest BCUT2D eigenvalue weighted by Crippen LogP contribution is 2.29. The van der Waals surface area contributed by atoms with E-state index in [0.29, 0.717) is 0 Å². The molecule has 33 heavy (non-hydrogen) atoms. The van der Waals surface area contributed by atoms with Gasteiger partial charge in [-0.1, -0.05) is 24.3 Å². The van der Waals surface area contributed by atoms with Crippen molar-refractivity contribution < 1.29 is 23.2 Å². The van der Waals surface area contributed by atoms with Crippen molar-refractivity contribution in [2.75, 3.05) is 13.6 Å². The molecule has 0 aliphatic carbocycles. The zero-order valence-corrected chi connectivity index (χ0v) is 18.0. The lowest BCUT2D eigenvalue weighted by molar-refractivity contribution is -0.138. The zero-order chi connectivity index (χ0) is 23.8. The van der Waals surface area contributed by atoms with Crippen LogP contribution < -0.4 is 5.32 Å². The molecule has 0 unspecified atom stereocenters. The topological polar surface area (TPSA) is 87.5 Å². The Hall–Kier alpha value is -4.08. The van der Waals surface area contributed by atoms with Gasteiger partial charge >= 0.3 is 6.03 Å². The van der Waals surface area contributed by atoms with Crippen LogP contribution >= 0.6 is 0 Å². The molecule has 4 rings (SSSR count). The molecule has 1 atom stereocenters. The molecule has 1 aliphatic rings. The van der Waals surface area contributed by atoms with E-state index in [9.17, 15) is 23.2 Å². The van der Waals surface area contributed by atoms with Crippen LogP contribution in [-0.4, -0.2) is 51.0 Å². The Bertz CT molecular complexity index is 1230. The minimum atomic E-state index is -1.61. The quantitative estimate of drug-likeness (QED) is 0.582. The molecule has 8 nitrogen and oxygen atoms in total. The number of imide groups is 1. The number of nitrogens with one attached hydrogen (secondary N) is 1. The molecule has 2 heterocycles. The SMILES string of the molecule is CN(Cc1cnn(-c2ccccc2)c1)C(=O)CN1C(=O)N[C@](C)(c2ccc(F)c(F)c2)C1=O. The first-order valence-electron chi connectivity index (χ1n) is 10.1. The molecule has 4 amide bonds. The van der Waals surface area contributed by atoms with E-state index < -0.39 is 41.6 Å². The second-order valence-corrected chi connectivity index (χ2v) is 7.95. The summed E-state index contributed by atoms with van der Waals surface area (Å²) in [6, 6.07) is 11.6. The second kappa shape index (κ2) is 8.45. The van der Waals surface area contributed by atoms with Gasteiger partial charge in [0.15, 0.2) is 11.6 Å². The van der Waals surface area contributed by atoms with Crippen LogP contribution in [0.5, 0.6) is 0 Å². The smallest absolute Gasteiger partial charge is 0.325 e. The average Bonchev–Trinajstić information content (AvgIpc) is 3.35. The van der Waals surface area contributed by atoms with Gasteiger partial charge in [0.05, 0.1) is 11.9 Å². The van der Waals surface area contributed by atoms with Crippen molar-refractivity contribution in [2.45, 2.75) is 19.0 Å². The summed E-state index contributed by atoms with van der Waals surface area (Å²) in [6.07, 6.45) is 3.41. The van der Waals surface area contributed by atoms with E-state index in [1.807, 2.05) is 30.3 Å². The standard InChI is InChI=1S/C23H21F2N5O3/c1-23(16-8-9-18(24)19(25)10-16)21(32)29(22(33)27-23)14-20(31)28(2)12-15-11-26-30(13-15)17-6-4-3-5-7-17/h3-11,13H,12,14H2,1-2H3,(H,27,33)/t23-/m1/s1. The Morgan fingerprint density at radius 3 is 2.55 bits per heavy atom. The van der Waals surface area contributed by atoms with E-state index in [0.717, 1.165) is 28.3 Å². The molecule has 1 fully saturated rings. The van der Waals surface area contributed by atoms with Crippen LogP contribution in [0.25, 0.3) is 5.69 Å². The molecule has 10 heteroatoms. The van der Waals surface area contributed by atoms with E-state index in [2.05, 4.69) is 10.4 Å². The summed E-state index contributed by atoms with van der Waals surface area (Å²) in [4.78, 5) is 40.3. The van der Waals surface area contributed by atoms with Crippen molar-refractivity contribution in [1.29, 1.82) is 0 Å². The fourth-order valence-corrected chi connectivity index (χ4v) is 3.63. The number of para-hydroxylation sites is 1. The van der Waals surface area contributed by atoms with Crippen molar-refractivity contribution in [3.8, 4) is 5.69 Å². The van der Waals surface area contributed by atoms with Crippen LogP contribution in [0, 0.1) is 11.6 Å². The van der Waals surface area contributed by atoms with Gasteiger partial charge in [-0.3, -0.25) is 14.5 Å². The third-order valence-electron chi connectivity index (χ3n) is 5.57. The van der Waals surface area contributed by atoms with E-state index >= 15 is 0 Å². The van der Waals surface area contributed by atoms with Gasteiger partial charge in [-0.15, -0.1) is 0 Å². The first-order valence-corrected chi connectivity index (χ1v) is 10.1. The first-order chi connectivity index (χ1) is 15.7. The van der Waals surface area contributed by atoms with Crippen LogP contribution in [0.15, 0.2) is 60.9 Å². The zero-order valence-electron chi connectivity index (χ0n) is 18.0. The van der Waals surface area contributed by atoms with Gasteiger partial charge in [0, 0.05) is 25.4 Å². The minimum Gasteiger partial charge on any atom is -0.340 e. The molecule has 0 radical (unpaired) electrons. The summed E-state index contributed by atoms with van der Waals surface area (Å²) >= 11 is 0. The number of aromatic nitrogens is 2. The number of rotatable bonds is 6. The number of amides is 4. The van der Waals surface area contributed by atoms with Gasteiger partial charge in [0.2, 0.25) is 5.91 Å². The Labute approximate surface area is 188 Å². The van der Waals surface area contributed by atoms with Gasteiger partial charge in [0.25, 0.3) is 5.91 Å². The average molecular weight is 453 g/mol. The highest BCUT2D eigenvalue weighted by molar-refractivity contribution is 6.09. The van der Waals surface area contributed by atoms with Crippen LogP contribution in [0.4, 0.5) is 13.6 Å². The van der Waals surface area contributed by atoms with E-state index in [1.165, 1.54) is 17.9 Å². The number of benzene rings is 2. The monoisotopic (exact) mass is 453 g/mol. The molecule has 1 saturated heterocycles. The fourth-order valence-electron chi connectivity index (χ4n) is 3.63. The van der Waals surface area contributed by atoms with Crippen molar-refractivity contribution in [1.82, 2.24) is 24.9 Å². The van der Waals surface area contributed by atoms with Crippen molar-refractivity contribution in [3.63, 3.8) is 0 Å². The van der Waals surface area contributed by atoms with Gasteiger partial charge in [0.1, 0.15) is 12.1 Å². The molecule has 0 spiro atoms. The summed E-state index contributed by atoms with van der Waals surface area (Å²) in [5.41, 5.74) is 0.102. The maximum Gasteiger partial charge on any atom is 0.325 e. The number of likely N-dealkylation sites (N-methyl/N-ethyl adjacent to an activating group) is 1. The summed E-state index contributed by atoms with van der Waals surface area (Å²) in [5.74, 6) is -3.40. The Morgan fingerprint density at radius 2 is 1.85 bits per heavy atom. The number of nitrogens with zero attached hydrogens (tertiary/aromatic N) is 4. The van der Waals surface area contributed by atoms with Crippen molar-refractivity contribution in [2.24, 2.45) is 0 Å². The Kier molecular flexibility index (Phi) is 5.67. The first kappa shape index (κ1) is 22.1.